The lowest BCUT2D eigenvalue weighted by Crippen LogP contribution is -2.67. The Morgan fingerprint density at radius 1 is 0.882 bits per heavy atom. The van der Waals surface area contributed by atoms with Gasteiger partial charge in [-0.3, -0.25) is 24.0 Å². The molecule has 4 aliphatic rings. The lowest BCUT2D eigenvalue weighted by atomic mass is 9.78. The number of esters is 1. The average molecular weight is 955 g/mol. The molecule has 3 fully saturated rings. The highest BCUT2D eigenvalue weighted by Gasteiger charge is 2.55. The number of piperidine rings is 1. The Morgan fingerprint density at radius 3 is 2.26 bits per heavy atom. The van der Waals surface area contributed by atoms with Crippen molar-refractivity contribution in [2.75, 3.05) is 27.9 Å². The smallest absolute Gasteiger partial charge is 0.329 e. The minimum Gasteiger partial charge on any atom is -0.460 e. The first-order chi connectivity index (χ1) is 32.2. The summed E-state index contributed by atoms with van der Waals surface area (Å²) >= 11 is 0. The molecule has 0 aromatic rings. The molecule has 3 heterocycles. The highest BCUT2D eigenvalue weighted by molar-refractivity contribution is 6.39. The number of nitrogens with zero attached hydrogens (tertiary/aromatic N) is 1. The van der Waals surface area contributed by atoms with Gasteiger partial charge in [0.15, 0.2) is 5.78 Å². The largest absolute Gasteiger partial charge is 0.460 e. The summed E-state index contributed by atoms with van der Waals surface area (Å²) in [5, 5.41) is 24.7. The Kier molecular flexibility index (Phi) is 22.0. The lowest BCUT2D eigenvalue weighted by Gasteiger charge is -2.46. The summed E-state index contributed by atoms with van der Waals surface area (Å²) in [5.41, 5.74) is -0.742. The number of Topliss-reactive ketones (excluding diaryl/α,β-unsaturated/α-hetero) is 3. The van der Waals surface area contributed by atoms with Crippen molar-refractivity contribution in [3.8, 4) is 0 Å². The first-order valence-corrected chi connectivity index (χ1v) is 24.9. The van der Waals surface area contributed by atoms with Crippen LogP contribution in [0.1, 0.15) is 132 Å². The second kappa shape index (κ2) is 26.4. The molecule has 6 unspecified atom stereocenters. The highest BCUT2D eigenvalue weighted by Crippen LogP contribution is 2.38. The minimum atomic E-state index is -2.01. The van der Waals surface area contributed by atoms with E-state index >= 15 is 0 Å². The number of hydrogen-bond donors (Lipinski definition) is 3. The molecule has 0 aromatic carbocycles. The van der Waals surface area contributed by atoms with E-state index in [1.165, 1.54) is 18.9 Å². The first kappa shape index (κ1) is 56.7. The summed E-state index contributed by atoms with van der Waals surface area (Å²) in [6, 6.07) is -1.15. The number of rotatable bonds is 7. The van der Waals surface area contributed by atoms with Gasteiger partial charge in [0.25, 0.3) is 11.7 Å². The monoisotopic (exact) mass is 955 g/mol. The summed E-state index contributed by atoms with van der Waals surface area (Å²) in [7, 11) is 4.53. The lowest BCUT2D eigenvalue weighted by molar-refractivity contribution is -0.198. The molecular formula is C53H82N2O13. The molecule has 0 spiro atoms. The van der Waals surface area contributed by atoms with Gasteiger partial charge in [0.05, 0.1) is 24.4 Å². The van der Waals surface area contributed by atoms with E-state index in [9.17, 15) is 39.0 Å². The number of hydrogen-bond acceptors (Lipinski definition) is 13. The molecule has 1 aliphatic carbocycles. The third-order valence-corrected chi connectivity index (χ3v) is 14.9. The maximum absolute atomic E-state index is 14.8. The van der Waals surface area contributed by atoms with E-state index in [0.717, 1.165) is 5.57 Å². The summed E-state index contributed by atoms with van der Waals surface area (Å²) in [6.45, 7) is 14.1. The Labute approximate surface area is 404 Å². The number of nitrogens with one attached hydrogen (secondary N) is 1. The number of carbonyl (C=O) groups excluding carboxylic acids is 6. The third-order valence-electron chi connectivity index (χ3n) is 14.9. The second-order valence-corrected chi connectivity index (χ2v) is 20.3. The predicted octanol–water partition coefficient (Wildman–Crippen LogP) is 6.32. The normalized spacial score (nSPS) is 39.0. The molecule has 2 bridgehead atoms. The van der Waals surface area contributed by atoms with Crippen LogP contribution in [0.25, 0.3) is 0 Å². The minimum absolute atomic E-state index is 0.0102. The molecule has 4 rings (SSSR count). The zero-order chi connectivity index (χ0) is 50.5. The Hall–Kier alpha value is -3.86. The van der Waals surface area contributed by atoms with E-state index in [1.54, 1.807) is 41.1 Å². The molecule has 0 radical (unpaired) electrons. The SMILES string of the molecule is CO[C@H]1C[C@@H]2CC[C@@H](C)[C@@](NC(C)=O)(O2)C(=O)C(=O)N2CCCCC2C(=O)OC([C@H](C)CC2CC[C@@H](O)[C@H](OC)C2)CC(=O)[C@H](C)/C=C(\C)C(O)[C@@H](OC)C(=O)C(C)CC(C)/C=C/C=C/C=C/1C. The predicted molar refractivity (Wildman–Crippen MR) is 257 cm³/mol. The molecule has 382 valence electrons. The van der Waals surface area contributed by atoms with Crippen LogP contribution in [0.15, 0.2) is 47.6 Å². The summed E-state index contributed by atoms with van der Waals surface area (Å²) in [4.78, 5) is 86.0. The fraction of sp³-hybridized carbons (Fsp3) is 0.736. The third kappa shape index (κ3) is 14.8. The number of fused-ring (bicyclic) bond motifs is 3. The molecule has 1 saturated carbocycles. The fourth-order valence-electron chi connectivity index (χ4n) is 10.6. The van der Waals surface area contributed by atoms with Crippen molar-refractivity contribution in [3.05, 3.63) is 47.6 Å². The summed E-state index contributed by atoms with van der Waals surface area (Å²) in [6.07, 6.45) is 11.2. The van der Waals surface area contributed by atoms with Crippen molar-refractivity contribution in [2.24, 2.45) is 35.5 Å². The van der Waals surface area contributed by atoms with E-state index in [-0.39, 0.29) is 54.8 Å². The molecule has 2 saturated heterocycles. The number of methoxy groups -OCH3 is 3. The van der Waals surface area contributed by atoms with Crippen molar-refractivity contribution in [1.29, 1.82) is 0 Å². The first-order valence-electron chi connectivity index (χ1n) is 24.9. The van der Waals surface area contributed by atoms with Gasteiger partial charge in [-0.2, -0.15) is 0 Å². The van der Waals surface area contributed by atoms with Gasteiger partial charge < -0.3 is 44.1 Å². The molecule has 15 nitrogen and oxygen atoms in total. The van der Waals surface area contributed by atoms with E-state index in [4.69, 9.17) is 23.7 Å². The van der Waals surface area contributed by atoms with Gasteiger partial charge in [-0.1, -0.05) is 71.1 Å². The number of allylic oxidation sites excluding steroid dienone is 6. The highest BCUT2D eigenvalue weighted by atomic mass is 16.6. The van der Waals surface area contributed by atoms with E-state index in [2.05, 4.69) is 5.32 Å². The van der Waals surface area contributed by atoms with Crippen molar-refractivity contribution < 1.29 is 62.7 Å². The van der Waals surface area contributed by atoms with Crippen LogP contribution in [0, 0.1) is 35.5 Å². The van der Waals surface area contributed by atoms with Crippen LogP contribution in [-0.4, -0.2) is 133 Å². The Morgan fingerprint density at radius 2 is 1.60 bits per heavy atom. The van der Waals surface area contributed by atoms with Crippen LogP contribution >= 0.6 is 0 Å². The van der Waals surface area contributed by atoms with Crippen LogP contribution in [0.3, 0.4) is 0 Å². The number of ketones is 3. The van der Waals surface area contributed by atoms with Crippen LogP contribution in [0.5, 0.6) is 0 Å². The van der Waals surface area contributed by atoms with Gasteiger partial charge >= 0.3 is 5.97 Å². The molecule has 3 aliphatic heterocycles. The topological polar surface area (TPSA) is 204 Å². The number of ether oxygens (including phenoxy) is 5. The van der Waals surface area contributed by atoms with E-state index in [0.29, 0.717) is 69.8 Å². The molecule has 2 amide bonds. The maximum Gasteiger partial charge on any atom is 0.329 e. The molecule has 15 heteroatoms. The Bertz CT molecular complexity index is 1880. The summed E-state index contributed by atoms with van der Waals surface area (Å²) < 4.78 is 29.9. The van der Waals surface area contributed by atoms with Gasteiger partial charge in [0.2, 0.25) is 11.6 Å². The van der Waals surface area contributed by atoms with Crippen molar-refractivity contribution >= 4 is 35.1 Å². The van der Waals surface area contributed by atoms with Crippen molar-refractivity contribution in [2.45, 2.75) is 187 Å². The number of aliphatic hydroxyl groups excluding tert-OH is 2. The zero-order valence-corrected chi connectivity index (χ0v) is 42.6. The number of cyclic esters (lactones) is 1. The van der Waals surface area contributed by atoms with Gasteiger partial charge in [0.1, 0.15) is 30.1 Å². The second-order valence-electron chi connectivity index (χ2n) is 20.3. The van der Waals surface area contributed by atoms with Crippen molar-refractivity contribution in [3.63, 3.8) is 0 Å². The standard InChI is InChI=1S/C53H82N2O13/c1-31-17-13-12-14-18-32(2)44(64-9)29-40-22-20-37(7)53(68-40,54-38(8)56)50(61)51(62)55-24-16-15-19-41(55)52(63)67-45(34(4)27-39-21-23-42(57)46(28-39)65-10)30-43(58)33(3)26-36(6)48(60)49(66-11)47(59)35(5)25-31/h12-14,17-18,26,31,33-35,37,39-42,44-46,48-49,57,60H,15-16,19-25,27-30H2,1-11H3,(H,54,56)/b14-12+,17-13+,32-18+,36-26+/t31?,33-,34-,35?,37-,39?,40+,41?,42-,44+,45?,46-,48?,49+,53-/m1/s1. The molecule has 3 N–H and O–H groups in total. The Balaban J connectivity index is 1.75. The fourth-order valence-corrected chi connectivity index (χ4v) is 10.6. The van der Waals surface area contributed by atoms with Crippen LogP contribution in [0.4, 0.5) is 0 Å². The van der Waals surface area contributed by atoms with Gasteiger partial charge in [-0.15, -0.1) is 0 Å². The van der Waals surface area contributed by atoms with E-state index in [1.807, 2.05) is 58.1 Å². The molecule has 0 aromatic heterocycles. The van der Waals surface area contributed by atoms with E-state index < -0.39 is 89.7 Å². The maximum atomic E-state index is 14.8. The van der Waals surface area contributed by atoms with Gasteiger partial charge in [-0.05, 0) is 107 Å². The van der Waals surface area contributed by atoms with Crippen LogP contribution < -0.4 is 5.32 Å². The van der Waals surface area contributed by atoms with Crippen LogP contribution in [0.2, 0.25) is 0 Å². The summed E-state index contributed by atoms with van der Waals surface area (Å²) in [5.74, 6) is -5.80. The molecule has 68 heavy (non-hydrogen) atoms. The quantitative estimate of drug-likeness (QED) is 0.145. The number of carbonyl (C=O) groups is 6. The number of amides is 2. The number of aliphatic hydroxyl groups is 2. The molecular weight excluding hydrogens is 873 g/mol. The van der Waals surface area contributed by atoms with Crippen LogP contribution in [-0.2, 0) is 52.5 Å². The van der Waals surface area contributed by atoms with Gasteiger partial charge in [-0.25, -0.2) is 4.79 Å². The van der Waals surface area contributed by atoms with Gasteiger partial charge in [0, 0.05) is 65.4 Å². The average Bonchev–Trinajstić information content (AvgIpc) is 3.30. The molecule has 15 atom stereocenters. The van der Waals surface area contributed by atoms with Crippen molar-refractivity contribution in [1.82, 2.24) is 10.2 Å². The zero-order valence-electron chi connectivity index (χ0n) is 42.6.